The predicted octanol–water partition coefficient (Wildman–Crippen LogP) is 5.83. The SMILES string of the molecule is O=Cc1ccc(-c2ccc3cc(Br)c4ccccc4c3c2)o1. The summed E-state index contributed by atoms with van der Waals surface area (Å²) in [6, 6.07) is 20.1. The molecule has 4 aromatic rings. The molecule has 2 nitrogen and oxygen atoms in total. The third-order valence-electron chi connectivity index (χ3n) is 3.84. The van der Waals surface area contributed by atoms with Crippen LogP contribution in [-0.2, 0) is 0 Å². The van der Waals surface area contributed by atoms with E-state index in [2.05, 4.69) is 46.3 Å². The zero-order chi connectivity index (χ0) is 15.1. The minimum absolute atomic E-state index is 0.343. The number of hydrogen-bond acceptors (Lipinski definition) is 2. The van der Waals surface area contributed by atoms with Crippen molar-refractivity contribution in [2.45, 2.75) is 0 Å². The molecule has 0 fully saturated rings. The minimum Gasteiger partial charge on any atom is -0.453 e. The summed E-state index contributed by atoms with van der Waals surface area (Å²) in [6.45, 7) is 0. The van der Waals surface area contributed by atoms with Crippen LogP contribution in [0.5, 0.6) is 0 Å². The second-order valence-corrected chi connectivity index (χ2v) is 6.01. The first-order chi connectivity index (χ1) is 10.8. The molecule has 0 N–H and O–H groups in total. The predicted molar refractivity (Wildman–Crippen MR) is 92.2 cm³/mol. The van der Waals surface area contributed by atoms with Crippen LogP contribution in [-0.4, -0.2) is 6.29 Å². The summed E-state index contributed by atoms with van der Waals surface area (Å²) < 4.78 is 6.61. The van der Waals surface area contributed by atoms with Gasteiger partial charge < -0.3 is 4.42 Å². The highest BCUT2D eigenvalue weighted by molar-refractivity contribution is 9.10. The minimum atomic E-state index is 0.343. The number of carbonyl (C=O) groups is 1. The van der Waals surface area contributed by atoms with E-state index in [0.29, 0.717) is 11.5 Å². The Bertz CT molecular complexity index is 1010. The van der Waals surface area contributed by atoms with Crippen molar-refractivity contribution in [3.63, 3.8) is 0 Å². The van der Waals surface area contributed by atoms with Crippen LogP contribution in [0.3, 0.4) is 0 Å². The molecule has 3 aromatic carbocycles. The summed E-state index contributed by atoms with van der Waals surface area (Å²) in [7, 11) is 0. The van der Waals surface area contributed by atoms with Gasteiger partial charge in [-0.05, 0) is 45.8 Å². The van der Waals surface area contributed by atoms with Gasteiger partial charge in [0.1, 0.15) is 5.76 Å². The van der Waals surface area contributed by atoms with Gasteiger partial charge in [-0.15, -0.1) is 0 Å². The molecule has 0 atom stereocenters. The maximum atomic E-state index is 10.8. The summed E-state index contributed by atoms with van der Waals surface area (Å²) >= 11 is 3.64. The van der Waals surface area contributed by atoms with Crippen molar-refractivity contribution in [3.8, 4) is 11.3 Å². The van der Waals surface area contributed by atoms with E-state index in [1.165, 1.54) is 16.2 Å². The lowest BCUT2D eigenvalue weighted by Gasteiger charge is -2.08. The Kier molecular flexibility index (Phi) is 3.09. The van der Waals surface area contributed by atoms with Gasteiger partial charge >= 0.3 is 0 Å². The lowest BCUT2D eigenvalue weighted by Crippen LogP contribution is -1.81. The zero-order valence-corrected chi connectivity index (χ0v) is 13.1. The molecule has 1 heterocycles. The monoisotopic (exact) mass is 350 g/mol. The highest BCUT2D eigenvalue weighted by Gasteiger charge is 2.08. The standard InChI is InChI=1S/C19H11BrO2/c20-18-10-12-5-6-13(19-8-7-14(11-21)22-19)9-17(12)15-3-1-2-4-16(15)18/h1-11H. The van der Waals surface area contributed by atoms with Crippen molar-refractivity contribution >= 4 is 43.8 Å². The van der Waals surface area contributed by atoms with Gasteiger partial charge in [-0.2, -0.15) is 0 Å². The third-order valence-corrected chi connectivity index (χ3v) is 4.49. The number of fused-ring (bicyclic) bond motifs is 3. The van der Waals surface area contributed by atoms with Crippen LogP contribution in [0.25, 0.3) is 32.9 Å². The molecule has 0 saturated heterocycles. The highest BCUT2D eigenvalue weighted by Crippen LogP contribution is 2.34. The molecule has 0 unspecified atom stereocenters. The highest BCUT2D eigenvalue weighted by atomic mass is 79.9. The Balaban J connectivity index is 2.02. The van der Waals surface area contributed by atoms with Crippen molar-refractivity contribution < 1.29 is 9.21 Å². The molecule has 0 radical (unpaired) electrons. The van der Waals surface area contributed by atoms with E-state index in [4.69, 9.17) is 4.42 Å². The Morgan fingerprint density at radius 1 is 0.864 bits per heavy atom. The molecule has 22 heavy (non-hydrogen) atoms. The van der Waals surface area contributed by atoms with Crippen LogP contribution in [0.1, 0.15) is 10.6 Å². The first kappa shape index (κ1) is 13.3. The maximum Gasteiger partial charge on any atom is 0.185 e. The molecule has 4 rings (SSSR count). The van der Waals surface area contributed by atoms with Gasteiger partial charge in [0.05, 0.1) is 0 Å². The summed E-state index contributed by atoms with van der Waals surface area (Å²) in [6.07, 6.45) is 0.719. The number of aldehydes is 1. The fraction of sp³-hybridized carbons (Fsp3) is 0. The molecular formula is C19H11BrO2. The normalized spacial score (nSPS) is 11.1. The number of hydrogen-bond donors (Lipinski definition) is 0. The number of benzene rings is 3. The first-order valence-corrected chi connectivity index (χ1v) is 7.72. The van der Waals surface area contributed by atoms with Gasteiger partial charge in [0, 0.05) is 10.0 Å². The van der Waals surface area contributed by atoms with Crippen molar-refractivity contribution in [3.05, 3.63) is 70.9 Å². The number of carbonyl (C=O) groups excluding carboxylic acids is 1. The Labute approximate surface area is 135 Å². The Morgan fingerprint density at radius 2 is 1.68 bits per heavy atom. The molecule has 0 bridgehead atoms. The third kappa shape index (κ3) is 2.06. The smallest absolute Gasteiger partial charge is 0.185 e. The average Bonchev–Trinajstić information content (AvgIpc) is 3.04. The average molecular weight is 351 g/mol. The number of halogens is 1. The van der Waals surface area contributed by atoms with E-state index in [-0.39, 0.29) is 0 Å². The lowest BCUT2D eigenvalue weighted by molar-refractivity contribution is 0.110. The van der Waals surface area contributed by atoms with E-state index in [1.807, 2.05) is 24.3 Å². The first-order valence-electron chi connectivity index (χ1n) is 6.93. The molecular weight excluding hydrogens is 340 g/mol. The van der Waals surface area contributed by atoms with Crippen LogP contribution in [0, 0.1) is 0 Å². The lowest BCUT2D eigenvalue weighted by atomic mass is 9.99. The largest absolute Gasteiger partial charge is 0.453 e. The molecule has 0 aliphatic heterocycles. The zero-order valence-electron chi connectivity index (χ0n) is 11.5. The fourth-order valence-corrected chi connectivity index (χ4v) is 3.37. The van der Waals surface area contributed by atoms with Crippen LogP contribution in [0.2, 0.25) is 0 Å². The van der Waals surface area contributed by atoms with Crippen molar-refractivity contribution in [1.29, 1.82) is 0 Å². The number of furan rings is 1. The quantitative estimate of drug-likeness (QED) is 0.336. The van der Waals surface area contributed by atoms with E-state index < -0.39 is 0 Å². The molecule has 0 saturated carbocycles. The molecule has 0 aliphatic carbocycles. The van der Waals surface area contributed by atoms with Crippen molar-refractivity contribution in [2.24, 2.45) is 0 Å². The summed E-state index contributed by atoms with van der Waals surface area (Å²) in [5.41, 5.74) is 0.966. The second-order valence-electron chi connectivity index (χ2n) is 5.16. The maximum absolute atomic E-state index is 10.8. The number of rotatable bonds is 2. The van der Waals surface area contributed by atoms with E-state index >= 15 is 0 Å². The molecule has 0 aliphatic rings. The van der Waals surface area contributed by atoms with Crippen molar-refractivity contribution in [1.82, 2.24) is 0 Å². The molecule has 1 aromatic heterocycles. The van der Waals surface area contributed by atoms with Crippen molar-refractivity contribution in [2.75, 3.05) is 0 Å². The van der Waals surface area contributed by atoms with Gasteiger partial charge in [-0.25, -0.2) is 0 Å². The van der Waals surface area contributed by atoms with Crippen LogP contribution >= 0.6 is 15.9 Å². The van der Waals surface area contributed by atoms with Crippen LogP contribution < -0.4 is 0 Å². The summed E-state index contributed by atoms with van der Waals surface area (Å²) in [5, 5.41) is 4.70. The summed E-state index contributed by atoms with van der Waals surface area (Å²) in [4.78, 5) is 10.8. The molecule has 0 spiro atoms. The van der Waals surface area contributed by atoms with Gasteiger partial charge in [-0.3, -0.25) is 4.79 Å². The van der Waals surface area contributed by atoms with Crippen LogP contribution in [0.4, 0.5) is 0 Å². The van der Waals surface area contributed by atoms with Gasteiger partial charge in [0.25, 0.3) is 0 Å². The topological polar surface area (TPSA) is 30.2 Å². The fourth-order valence-electron chi connectivity index (χ4n) is 2.78. The molecule has 3 heteroatoms. The van der Waals surface area contributed by atoms with E-state index in [1.54, 1.807) is 6.07 Å². The van der Waals surface area contributed by atoms with Gasteiger partial charge in [-0.1, -0.05) is 52.3 Å². The Morgan fingerprint density at radius 3 is 2.45 bits per heavy atom. The van der Waals surface area contributed by atoms with Gasteiger partial charge in [0.15, 0.2) is 12.0 Å². The summed E-state index contributed by atoms with van der Waals surface area (Å²) in [5.74, 6) is 1.05. The van der Waals surface area contributed by atoms with E-state index in [9.17, 15) is 4.79 Å². The second kappa shape index (κ2) is 5.11. The Hall–Kier alpha value is -2.39. The van der Waals surface area contributed by atoms with Crippen LogP contribution in [0.15, 0.2) is 69.6 Å². The van der Waals surface area contributed by atoms with E-state index in [0.717, 1.165) is 21.7 Å². The molecule has 106 valence electrons. The van der Waals surface area contributed by atoms with Gasteiger partial charge in [0.2, 0.25) is 0 Å². The molecule has 0 amide bonds.